The molecule has 0 fully saturated rings. The van der Waals surface area contributed by atoms with E-state index in [4.69, 9.17) is 0 Å². The predicted molar refractivity (Wildman–Crippen MR) is 42.2 cm³/mol. The first kappa shape index (κ1) is 8.24. The predicted octanol–water partition coefficient (Wildman–Crippen LogP) is 2.36. The van der Waals surface area contributed by atoms with Gasteiger partial charge in [0.1, 0.15) is 0 Å². The van der Waals surface area contributed by atoms with Gasteiger partial charge in [0.2, 0.25) is 6.39 Å². The molecule has 0 saturated carbocycles. The van der Waals surface area contributed by atoms with Crippen LogP contribution >= 0.6 is 0 Å². The van der Waals surface area contributed by atoms with Crippen LogP contribution in [-0.4, -0.2) is 10.1 Å². The Morgan fingerprint density at radius 3 is 3.00 bits per heavy atom. The van der Waals surface area contributed by atoms with Crippen molar-refractivity contribution in [3.05, 3.63) is 12.2 Å². The Hall–Kier alpha value is -0.860. The van der Waals surface area contributed by atoms with Gasteiger partial charge in [-0.25, -0.2) is 0 Å². The van der Waals surface area contributed by atoms with E-state index in [2.05, 4.69) is 28.5 Å². The van der Waals surface area contributed by atoms with Crippen LogP contribution in [0.2, 0.25) is 0 Å². The first-order valence-electron chi connectivity index (χ1n) is 4.11. The van der Waals surface area contributed by atoms with Gasteiger partial charge in [-0.1, -0.05) is 31.8 Å². The van der Waals surface area contributed by atoms with Crippen LogP contribution in [0.15, 0.2) is 10.9 Å². The van der Waals surface area contributed by atoms with Crippen molar-refractivity contribution in [2.45, 2.75) is 39.0 Å². The quantitative estimate of drug-likeness (QED) is 0.668. The van der Waals surface area contributed by atoms with E-state index >= 15 is 0 Å². The molecule has 1 atom stereocenters. The molecule has 0 aliphatic heterocycles. The second-order valence-electron chi connectivity index (χ2n) is 2.83. The van der Waals surface area contributed by atoms with E-state index in [9.17, 15) is 0 Å². The van der Waals surface area contributed by atoms with E-state index in [0.29, 0.717) is 5.92 Å². The molecule has 0 spiro atoms. The van der Waals surface area contributed by atoms with Crippen LogP contribution in [0.5, 0.6) is 0 Å². The average molecular weight is 154 g/mol. The van der Waals surface area contributed by atoms with Crippen molar-refractivity contribution >= 4 is 0 Å². The van der Waals surface area contributed by atoms with Gasteiger partial charge >= 0.3 is 0 Å². The molecule has 0 saturated heterocycles. The van der Waals surface area contributed by atoms with Crippen molar-refractivity contribution in [1.29, 1.82) is 0 Å². The summed E-state index contributed by atoms with van der Waals surface area (Å²) in [6, 6.07) is 0. The van der Waals surface area contributed by atoms with Gasteiger partial charge in [0.25, 0.3) is 0 Å². The van der Waals surface area contributed by atoms with Crippen LogP contribution in [0.1, 0.15) is 44.9 Å². The Labute approximate surface area is 66.8 Å². The van der Waals surface area contributed by atoms with Gasteiger partial charge in [0, 0.05) is 5.92 Å². The number of aromatic nitrogens is 2. The lowest BCUT2D eigenvalue weighted by molar-refractivity contribution is 0.403. The lowest BCUT2D eigenvalue weighted by atomic mass is 10.0. The van der Waals surface area contributed by atoms with Gasteiger partial charge < -0.3 is 4.52 Å². The molecule has 0 bridgehead atoms. The molecule has 11 heavy (non-hydrogen) atoms. The van der Waals surface area contributed by atoms with Gasteiger partial charge in [-0.2, -0.15) is 4.98 Å². The largest absolute Gasteiger partial charge is 0.343 e. The molecule has 1 aromatic heterocycles. The smallest absolute Gasteiger partial charge is 0.213 e. The summed E-state index contributed by atoms with van der Waals surface area (Å²) >= 11 is 0. The summed E-state index contributed by atoms with van der Waals surface area (Å²) in [4.78, 5) is 3.99. The maximum atomic E-state index is 4.65. The van der Waals surface area contributed by atoms with Gasteiger partial charge in [-0.15, -0.1) is 0 Å². The summed E-state index contributed by atoms with van der Waals surface area (Å²) in [5, 5.41) is 3.78. The molecular weight excluding hydrogens is 140 g/mol. The van der Waals surface area contributed by atoms with Crippen molar-refractivity contribution in [2.24, 2.45) is 0 Å². The summed E-state index contributed by atoms with van der Waals surface area (Å²) in [6.45, 7) is 4.31. The van der Waals surface area contributed by atoms with Gasteiger partial charge in [-0.3, -0.25) is 0 Å². The van der Waals surface area contributed by atoms with Crippen LogP contribution < -0.4 is 0 Å². The van der Waals surface area contributed by atoms with E-state index < -0.39 is 0 Å². The average Bonchev–Trinajstić information content (AvgIpc) is 2.52. The summed E-state index contributed by atoms with van der Waals surface area (Å²) in [5.74, 6) is 1.27. The molecule has 0 N–H and O–H groups in total. The third-order valence-corrected chi connectivity index (χ3v) is 1.81. The van der Waals surface area contributed by atoms with Crippen molar-refractivity contribution < 1.29 is 4.52 Å². The van der Waals surface area contributed by atoms with E-state index in [1.165, 1.54) is 19.2 Å². The highest BCUT2D eigenvalue weighted by Crippen LogP contribution is 2.16. The van der Waals surface area contributed by atoms with Crippen LogP contribution in [0, 0.1) is 0 Å². The summed E-state index contributed by atoms with van der Waals surface area (Å²) in [6.07, 6.45) is 4.99. The number of nitrogens with zero attached hydrogens (tertiary/aromatic N) is 2. The molecule has 1 unspecified atom stereocenters. The molecule has 0 aromatic carbocycles. The summed E-state index contributed by atoms with van der Waals surface area (Å²) in [5.41, 5.74) is 0. The number of hydrogen-bond donors (Lipinski definition) is 0. The van der Waals surface area contributed by atoms with E-state index in [-0.39, 0.29) is 0 Å². The molecule has 0 aliphatic rings. The molecule has 0 radical (unpaired) electrons. The highest BCUT2D eigenvalue weighted by atomic mass is 16.5. The minimum Gasteiger partial charge on any atom is -0.343 e. The Balaban J connectivity index is 2.36. The zero-order valence-corrected chi connectivity index (χ0v) is 7.08. The van der Waals surface area contributed by atoms with E-state index in [1.807, 2.05) is 0 Å². The SMILES string of the molecule is CCCCC(C)c1ncon1. The zero-order valence-electron chi connectivity index (χ0n) is 7.08. The van der Waals surface area contributed by atoms with Crippen molar-refractivity contribution in [1.82, 2.24) is 10.1 Å². The van der Waals surface area contributed by atoms with Crippen LogP contribution in [0.3, 0.4) is 0 Å². The zero-order chi connectivity index (χ0) is 8.10. The van der Waals surface area contributed by atoms with Gasteiger partial charge in [0.05, 0.1) is 0 Å². The minimum atomic E-state index is 0.439. The second-order valence-corrected chi connectivity index (χ2v) is 2.83. The maximum Gasteiger partial charge on any atom is 0.213 e. The first-order valence-corrected chi connectivity index (χ1v) is 4.11. The van der Waals surface area contributed by atoms with Gasteiger partial charge in [0.15, 0.2) is 5.82 Å². The molecule has 0 aliphatic carbocycles. The van der Waals surface area contributed by atoms with Gasteiger partial charge in [-0.05, 0) is 6.42 Å². The van der Waals surface area contributed by atoms with Crippen molar-refractivity contribution in [2.75, 3.05) is 0 Å². The molecule has 1 rings (SSSR count). The van der Waals surface area contributed by atoms with Crippen LogP contribution in [0.4, 0.5) is 0 Å². The fourth-order valence-electron chi connectivity index (χ4n) is 1.04. The standard InChI is InChI=1S/C8H14N2O/c1-3-4-5-7(2)8-9-6-11-10-8/h6-7H,3-5H2,1-2H3. The lowest BCUT2D eigenvalue weighted by Gasteiger charge is -2.03. The Bertz CT molecular complexity index is 184. The fourth-order valence-corrected chi connectivity index (χ4v) is 1.04. The topological polar surface area (TPSA) is 38.9 Å². The van der Waals surface area contributed by atoms with Crippen molar-refractivity contribution in [3.63, 3.8) is 0 Å². The highest BCUT2D eigenvalue weighted by molar-refractivity contribution is 4.88. The molecule has 1 heterocycles. The first-order chi connectivity index (χ1) is 5.34. The minimum absolute atomic E-state index is 0.439. The normalized spacial score (nSPS) is 13.3. The Morgan fingerprint density at radius 2 is 2.45 bits per heavy atom. The molecular formula is C8H14N2O. The van der Waals surface area contributed by atoms with Crippen LogP contribution in [-0.2, 0) is 0 Å². The molecule has 62 valence electrons. The highest BCUT2D eigenvalue weighted by Gasteiger charge is 2.08. The summed E-state index contributed by atoms with van der Waals surface area (Å²) < 4.78 is 4.65. The maximum absolute atomic E-state index is 4.65. The van der Waals surface area contributed by atoms with Crippen LogP contribution in [0.25, 0.3) is 0 Å². The number of rotatable bonds is 4. The molecule has 0 amide bonds. The summed E-state index contributed by atoms with van der Waals surface area (Å²) in [7, 11) is 0. The third kappa shape index (κ3) is 2.33. The second kappa shape index (κ2) is 4.11. The molecule has 3 nitrogen and oxygen atoms in total. The third-order valence-electron chi connectivity index (χ3n) is 1.81. The number of unbranched alkanes of at least 4 members (excludes halogenated alkanes) is 1. The lowest BCUT2D eigenvalue weighted by Crippen LogP contribution is -1.95. The molecule has 3 heteroatoms. The Morgan fingerprint density at radius 1 is 1.64 bits per heavy atom. The fraction of sp³-hybridized carbons (Fsp3) is 0.750. The monoisotopic (exact) mass is 154 g/mol. The molecule has 1 aromatic rings. The van der Waals surface area contributed by atoms with E-state index in [1.54, 1.807) is 0 Å². The van der Waals surface area contributed by atoms with Crippen molar-refractivity contribution in [3.8, 4) is 0 Å². The number of hydrogen-bond acceptors (Lipinski definition) is 3. The van der Waals surface area contributed by atoms with E-state index in [0.717, 1.165) is 12.2 Å². The Kier molecular flexibility index (Phi) is 3.08.